The smallest absolute Gasteiger partial charge is 0.270 e. The van der Waals surface area contributed by atoms with Gasteiger partial charge in [0, 0.05) is 15.8 Å². The van der Waals surface area contributed by atoms with Crippen LogP contribution in [0.4, 0.5) is 0 Å². The highest BCUT2D eigenvalue weighted by Gasteiger charge is 2.14. The van der Waals surface area contributed by atoms with Crippen molar-refractivity contribution < 1.29 is 4.74 Å². The van der Waals surface area contributed by atoms with Gasteiger partial charge in [-0.15, -0.1) is 0 Å². The highest BCUT2D eigenvalue weighted by atomic mass is 79.9. The number of hydrogen-bond donors (Lipinski definition) is 1. The number of halogens is 1. The lowest BCUT2D eigenvalue weighted by Gasteiger charge is -2.09. The first-order valence-corrected chi connectivity index (χ1v) is 11.6. The lowest BCUT2D eigenvalue weighted by Crippen LogP contribution is -2.14. The number of rotatable bonds is 7. The van der Waals surface area contributed by atoms with Gasteiger partial charge in [0.1, 0.15) is 24.0 Å². The highest BCUT2D eigenvalue weighted by molar-refractivity contribution is 9.10. The SMILES string of the molecule is N#Cc1c(-c2ccc(OCc3ccccc3)cc2)nc(SCc2ccc(Br)cc2)[nH]c1=O. The molecular weight excluding hydrogens is 486 g/mol. The van der Waals surface area contributed by atoms with E-state index in [2.05, 4.69) is 25.9 Å². The molecule has 4 aromatic rings. The normalized spacial score (nSPS) is 10.5. The predicted molar refractivity (Wildman–Crippen MR) is 129 cm³/mol. The average molecular weight is 504 g/mol. The Labute approximate surface area is 198 Å². The molecule has 0 amide bonds. The molecule has 1 N–H and O–H groups in total. The summed E-state index contributed by atoms with van der Waals surface area (Å²) in [6.45, 7) is 0.462. The van der Waals surface area contributed by atoms with Gasteiger partial charge >= 0.3 is 0 Å². The van der Waals surface area contributed by atoms with Gasteiger partial charge in [-0.25, -0.2) is 4.98 Å². The number of H-pyrrole nitrogens is 1. The zero-order chi connectivity index (χ0) is 22.3. The number of nitriles is 1. The number of aromatic amines is 1. The van der Waals surface area contributed by atoms with Gasteiger partial charge in [0.2, 0.25) is 0 Å². The van der Waals surface area contributed by atoms with Crippen molar-refractivity contribution in [3.05, 3.63) is 110 Å². The second-order valence-electron chi connectivity index (χ2n) is 6.92. The molecule has 0 aliphatic carbocycles. The quantitative estimate of drug-likeness (QED) is 0.249. The van der Waals surface area contributed by atoms with Crippen LogP contribution in [0.5, 0.6) is 5.75 Å². The van der Waals surface area contributed by atoms with E-state index in [1.807, 2.05) is 84.9 Å². The third-order valence-electron chi connectivity index (χ3n) is 4.67. The van der Waals surface area contributed by atoms with E-state index < -0.39 is 5.56 Å². The molecule has 0 radical (unpaired) electrons. The Kier molecular flexibility index (Phi) is 7.05. The summed E-state index contributed by atoms with van der Waals surface area (Å²) in [5.41, 5.74) is 2.78. The van der Waals surface area contributed by atoms with Gasteiger partial charge in [-0.3, -0.25) is 4.79 Å². The van der Waals surface area contributed by atoms with Gasteiger partial charge in [-0.1, -0.05) is 70.2 Å². The van der Waals surface area contributed by atoms with Gasteiger partial charge in [0.05, 0.1) is 5.69 Å². The van der Waals surface area contributed by atoms with Crippen LogP contribution >= 0.6 is 27.7 Å². The number of aromatic nitrogens is 2. The monoisotopic (exact) mass is 503 g/mol. The third kappa shape index (κ3) is 5.47. The van der Waals surface area contributed by atoms with Crippen molar-refractivity contribution in [3.8, 4) is 23.1 Å². The first-order chi connectivity index (χ1) is 15.6. The standard InChI is InChI=1S/C25H18BrN3O2S/c26-20-10-6-18(7-11-20)16-32-25-28-23(22(14-27)24(30)29-25)19-8-12-21(13-9-19)31-15-17-4-2-1-3-5-17/h1-13H,15-16H2,(H,28,29,30). The van der Waals surface area contributed by atoms with Gasteiger partial charge in [0.25, 0.3) is 5.56 Å². The first-order valence-electron chi connectivity index (χ1n) is 9.81. The molecule has 4 rings (SSSR count). The van der Waals surface area contributed by atoms with Crippen molar-refractivity contribution in [1.82, 2.24) is 9.97 Å². The Hall–Kier alpha value is -3.34. The fraction of sp³-hybridized carbons (Fsp3) is 0.0800. The molecule has 0 atom stereocenters. The van der Waals surface area contributed by atoms with Crippen molar-refractivity contribution in [2.45, 2.75) is 17.5 Å². The van der Waals surface area contributed by atoms with Crippen LogP contribution in [-0.2, 0) is 12.4 Å². The second kappa shape index (κ2) is 10.3. The topological polar surface area (TPSA) is 78.8 Å². The summed E-state index contributed by atoms with van der Waals surface area (Å²) in [6, 6.07) is 27.1. The largest absolute Gasteiger partial charge is 0.489 e. The summed E-state index contributed by atoms with van der Waals surface area (Å²) >= 11 is 4.84. The van der Waals surface area contributed by atoms with Gasteiger partial charge in [-0.05, 0) is 47.5 Å². The Bertz CT molecular complexity index is 1300. The minimum absolute atomic E-state index is 0.00375. The zero-order valence-electron chi connectivity index (χ0n) is 16.9. The molecule has 0 aliphatic heterocycles. The zero-order valence-corrected chi connectivity index (χ0v) is 19.3. The first kappa shape index (κ1) is 21.9. The molecule has 0 fully saturated rings. The van der Waals surface area contributed by atoms with Crippen LogP contribution in [0.1, 0.15) is 16.7 Å². The van der Waals surface area contributed by atoms with Crippen LogP contribution in [0, 0.1) is 11.3 Å². The average Bonchev–Trinajstić information content (AvgIpc) is 2.83. The predicted octanol–water partition coefficient (Wildman–Crippen LogP) is 5.94. The Morgan fingerprint density at radius 1 is 0.969 bits per heavy atom. The van der Waals surface area contributed by atoms with E-state index >= 15 is 0 Å². The van der Waals surface area contributed by atoms with Crippen LogP contribution in [-0.4, -0.2) is 9.97 Å². The Balaban J connectivity index is 1.53. The minimum Gasteiger partial charge on any atom is -0.489 e. The van der Waals surface area contributed by atoms with E-state index in [9.17, 15) is 10.1 Å². The summed E-state index contributed by atoms with van der Waals surface area (Å²) in [7, 11) is 0. The molecule has 5 nitrogen and oxygen atoms in total. The van der Waals surface area contributed by atoms with E-state index in [1.54, 1.807) is 0 Å². The van der Waals surface area contributed by atoms with Gasteiger partial charge in [-0.2, -0.15) is 5.26 Å². The number of hydrogen-bond acceptors (Lipinski definition) is 5. The van der Waals surface area contributed by atoms with Crippen LogP contribution in [0.25, 0.3) is 11.3 Å². The van der Waals surface area contributed by atoms with Crippen LogP contribution in [0.2, 0.25) is 0 Å². The Morgan fingerprint density at radius 3 is 2.38 bits per heavy atom. The number of ether oxygens (including phenoxy) is 1. The molecule has 0 saturated carbocycles. The maximum absolute atomic E-state index is 12.5. The fourth-order valence-electron chi connectivity index (χ4n) is 3.02. The summed E-state index contributed by atoms with van der Waals surface area (Å²) in [5, 5.41) is 9.97. The number of nitrogens with zero attached hydrogens (tertiary/aromatic N) is 2. The summed E-state index contributed by atoms with van der Waals surface area (Å²) < 4.78 is 6.83. The molecule has 7 heteroatoms. The maximum Gasteiger partial charge on any atom is 0.270 e. The van der Waals surface area contributed by atoms with Crippen molar-refractivity contribution in [3.63, 3.8) is 0 Å². The number of benzene rings is 3. The second-order valence-corrected chi connectivity index (χ2v) is 8.80. The highest BCUT2D eigenvalue weighted by Crippen LogP contribution is 2.26. The van der Waals surface area contributed by atoms with Gasteiger partial charge in [0.15, 0.2) is 5.16 Å². The molecule has 0 unspecified atom stereocenters. The van der Waals surface area contributed by atoms with Crippen LogP contribution < -0.4 is 10.3 Å². The Morgan fingerprint density at radius 2 is 1.69 bits per heavy atom. The van der Waals surface area contributed by atoms with Crippen molar-refractivity contribution in [2.24, 2.45) is 0 Å². The molecule has 0 aliphatic rings. The van der Waals surface area contributed by atoms with E-state index in [-0.39, 0.29) is 5.56 Å². The minimum atomic E-state index is -0.444. The molecule has 1 heterocycles. The third-order valence-corrected chi connectivity index (χ3v) is 6.15. The van der Waals surface area contributed by atoms with Crippen LogP contribution in [0.3, 0.4) is 0 Å². The summed E-state index contributed by atoms with van der Waals surface area (Å²) in [5.74, 6) is 1.35. The van der Waals surface area contributed by atoms with E-state index in [4.69, 9.17) is 4.74 Å². The molecule has 158 valence electrons. The summed E-state index contributed by atoms with van der Waals surface area (Å²) in [6.07, 6.45) is 0. The van der Waals surface area contributed by atoms with E-state index in [0.29, 0.717) is 34.5 Å². The molecule has 3 aromatic carbocycles. The van der Waals surface area contributed by atoms with Crippen molar-refractivity contribution in [2.75, 3.05) is 0 Å². The van der Waals surface area contributed by atoms with E-state index in [0.717, 1.165) is 15.6 Å². The molecule has 0 spiro atoms. The lowest BCUT2D eigenvalue weighted by atomic mass is 10.1. The molecule has 0 saturated heterocycles. The molecule has 32 heavy (non-hydrogen) atoms. The van der Waals surface area contributed by atoms with Crippen molar-refractivity contribution in [1.29, 1.82) is 5.26 Å². The van der Waals surface area contributed by atoms with Gasteiger partial charge < -0.3 is 9.72 Å². The maximum atomic E-state index is 12.5. The number of thioether (sulfide) groups is 1. The molecular formula is C25H18BrN3O2S. The number of nitrogens with one attached hydrogen (secondary N) is 1. The van der Waals surface area contributed by atoms with E-state index in [1.165, 1.54) is 11.8 Å². The fourth-order valence-corrected chi connectivity index (χ4v) is 4.10. The molecule has 0 bridgehead atoms. The van der Waals surface area contributed by atoms with Crippen LogP contribution in [0.15, 0.2) is 93.3 Å². The lowest BCUT2D eigenvalue weighted by molar-refractivity contribution is 0.306. The van der Waals surface area contributed by atoms with Crippen molar-refractivity contribution >= 4 is 27.7 Å². The summed E-state index contributed by atoms with van der Waals surface area (Å²) in [4.78, 5) is 19.8. The molecule has 1 aromatic heterocycles.